The fraction of sp³-hybridized carbons (Fsp3) is 0.647. The molecule has 1 saturated carbocycles. The molecule has 2 aliphatic rings. The average Bonchev–Trinajstić information content (AvgIpc) is 3.26. The molecule has 3 heteroatoms. The zero-order valence-corrected chi connectivity index (χ0v) is 12.3. The minimum Gasteiger partial charge on any atom is -0.330 e. The van der Waals surface area contributed by atoms with Crippen molar-refractivity contribution >= 4 is 0 Å². The molecule has 0 radical (unpaired) electrons. The molecule has 110 valence electrons. The molecule has 1 aliphatic heterocycles. The average molecular weight is 276 g/mol. The molecule has 2 N–H and O–H groups in total. The molecule has 1 aromatic carbocycles. The molecule has 0 bridgehead atoms. The molecule has 0 spiro atoms. The Kier molecular flexibility index (Phi) is 4.08. The number of aryl methyl sites for hydroxylation is 1. The highest BCUT2D eigenvalue weighted by molar-refractivity contribution is 5.31. The summed E-state index contributed by atoms with van der Waals surface area (Å²) in [6.07, 6.45) is 6.25. The maximum atomic E-state index is 13.7. The van der Waals surface area contributed by atoms with Gasteiger partial charge in [-0.1, -0.05) is 12.5 Å². The van der Waals surface area contributed by atoms with Gasteiger partial charge in [0.25, 0.3) is 0 Å². The van der Waals surface area contributed by atoms with Crippen LogP contribution < -0.4 is 5.73 Å². The van der Waals surface area contributed by atoms with Crippen molar-refractivity contribution in [2.24, 2.45) is 11.7 Å². The van der Waals surface area contributed by atoms with Gasteiger partial charge in [0.1, 0.15) is 5.82 Å². The van der Waals surface area contributed by atoms with Crippen LogP contribution in [0.15, 0.2) is 18.2 Å². The lowest BCUT2D eigenvalue weighted by molar-refractivity contribution is 0.148. The third-order valence-corrected chi connectivity index (χ3v) is 4.92. The van der Waals surface area contributed by atoms with Crippen LogP contribution in [0.5, 0.6) is 0 Å². The second-order valence-electron chi connectivity index (χ2n) is 6.41. The topological polar surface area (TPSA) is 29.3 Å². The van der Waals surface area contributed by atoms with Gasteiger partial charge in [-0.15, -0.1) is 0 Å². The minimum absolute atomic E-state index is 0.124. The van der Waals surface area contributed by atoms with Crippen molar-refractivity contribution in [1.82, 2.24) is 4.90 Å². The number of hydrogen-bond donors (Lipinski definition) is 1. The second kappa shape index (κ2) is 5.82. The highest BCUT2D eigenvalue weighted by Crippen LogP contribution is 2.42. The standard InChI is InChI=1S/C17H25FN2/c1-12-5-6-14(18)10-16(12)17-13(11-19)4-2-3-9-20(17)15-7-8-15/h5-6,10,13,15,17H,2-4,7-9,11,19H2,1H3. The fourth-order valence-corrected chi connectivity index (χ4v) is 3.69. The van der Waals surface area contributed by atoms with E-state index in [0.717, 1.165) is 12.1 Å². The molecule has 2 fully saturated rings. The Morgan fingerprint density at radius 2 is 2.05 bits per heavy atom. The van der Waals surface area contributed by atoms with Gasteiger partial charge < -0.3 is 5.73 Å². The van der Waals surface area contributed by atoms with Crippen LogP contribution in [0, 0.1) is 18.7 Å². The summed E-state index contributed by atoms with van der Waals surface area (Å²) in [7, 11) is 0. The van der Waals surface area contributed by atoms with E-state index in [1.807, 2.05) is 6.07 Å². The molecule has 3 rings (SSSR count). The van der Waals surface area contributed by atoms with E-state index < -0.39 is 0 Å². The molecule has 2 nitrogen and oxygen atoms in total. The summed E-state index contributed by atoms with van der Waals surface area (Å²) in [5.41, 5.74) is 8.41. The Hall–Kier alpha value is -0.930. The van der Waals surface area contributed by atoms with E-state index in [1.165, 1.54) is 37.7 Å². The first-order valence-corrected chi connectivity index (χ1v) is 7.92. The number of benzene rings is 1. The molecule has 1 aromatic rings. The highest BCUT2D eigenvalue weighted by Gasteiger charge is 2.39. The monoisotopic (exact) mass is 276 g/mol. The summed E-state index contributed by atoms with van der Waals surface area (Å²) >= 11 is 0. The first kappa shape index (κ1) is 14.0. The zero-order valence-electron chi connectivity index (χ0n) is 12.3. The van der Waals surface area contributed by atoms with Crippen molar-refractivity contribution in [3.8, 4) is 0 Å². The van der Waals surface area contributed by atoms with Gasteiger partial charge in [0.05, 0.1) is 0 Å². The van der Waals surface area contributed by atoms with Crippen LogP contribution in [0.4, 0.5) is 4.39 Å². The van der Waals surface area contributed by atoms with Crippen molar-refractivity contribution in [3.63, 3.8) is 0 Å². The second-order valence-corrected chi connectivity index (χ2v) is 6.41. The first-order valence-electron chi connectivity index (χ1n) is 7.92. The molecule has 2 unspecified atom stereocenters. The molecule has 0 aromatic heterocycles. The maximum Gasteiger partial charge on any atom is 0.123 e. The van der Waals surface area contributed by atoms with Gasteiger partial charge in [0.2, 0.25) is 0 Å². The van der Waals surface area contributed by atoms with Gasteiger partial charge in [0.15, 0.2) is 0 Å². The van der Waals surface area contributed by atoms with Crippen LogP contribution in [0.2, 0.25) is 0 Å². The third-order valence-electron chi connectivity index (χ3n) is 4.92. The molecular weight excluding hydrogens is 251 g/mol. The van der Waals surface area contributed by atoms with E-state index in [4.69, 9.17) is 5.73 Å². The molecule has 0 amide bonds. The first-order chi connectivity index (χ1) is 9.70. The minimum atomic E-state index is -0.124. The van der Waals surface area contributed by atoms with Crippen molar-refractivity contribution in [3.05, 3.63) is 35.1 Å². The van der Waals surface area contributed by atoms with E-state index in [0.29, 0.717) is 24.5 Å². The molecule has 1 aliphatic carbocycles. The summed E-state index contributed by atoms with van der Waals surface area (Å²) in [6, 6.07) is 6.23. The molecule has 1 heterocycles. The maximum absolute atomic E-state index is 13.7. The molecule has 2 atom stereocenters. The van der Waals surface area contributed by atoms with Crippen LogP contribution in [-0.2, 0) is 0 Å². The van der Waals surface area contributed by atoms with E-state index >= 15 is 0 Å². The predicted octanol–water partition coefficient (Wildman–Crippen LogP) is 3.40. The number of hydrogen-bond acceptors (Lipinski definition) is 2. The Bertz CT molecular complexity index is 470. The van der Waals surface area contributed by atoms with Crippen LogP contribution >= 0.6 is 0 Å². The molecule has 20 heavy (non-hydrogen) atoms. The number of rotatable bonds is 3. The third kappa shape index (κ3) is 2.75. The molecular formula is C17H25FN2. The lowest BCUT2D eigenvalue weighted by atomic mass is 9.87. The largest absolute Gasteiger partial charge is 0.330 e. The van der Waals surface area contributed by atoms with Gasteiger partial charge in [-0.25, -0.2) is 4.39 Å². The van der Waals surface area contributed by atoms with Gasteiger partial charge in [0, 0.05) is 12.1 Å². The number of halogens is 1. The van der Waals surface area contributed by atoms with Gasteiger partial charge in [-0.05, 0) is 74.9 Å². The summed E-state index contributed by atoms with van der Waals surface area (Å²) in [5.74, 6) is 0.333. The van der Waals surface area contributed by atoms with Crippen LogP contribution in [0.1, 0.15) is 49.3 Å². The number of likely N-dealkylation sites (tertiary alicyclic amines) is 1. The van der Waals surface area contributed by atoms with Crippen LogP contribution in [0.25, 0.3) is 0 Å². The van der Waals surface area contributed by atoms with Crippen molar-refractivity contribution < 1.29 is 4.39 Å². The summed E-state index contributed by atoms with van der Waals surface area (Å²) in [6.45, 7) is 3.93. The lowest BCUT2D eigenvalue weighted by Crippen LogP contribution is -2.37. The number of nitrogens with zero attached hydrogens (tertiary/aromatic N) is 1. The van der Waals surface area contributed by atoms with Crippen molar-refractivity contribution in [1.29, 1.82) is 0 Å². The highest BCUT2D eigenvalue weighted by atomic mass is 19.1. The van der Waals surface area contributed by atoms with E-state index in [1.54, 1.807) is 12.1 Å². The van der Waals surface area contributed by atoms with E-state index in [-0.39, 0.29) is 5.82 Å². The van der Waals surface area contributed by atoms with Crippen LogP contribution in [-0.4, -0.2) is 24.0 Å². The van der Waals surface area contributed by atoms with Gasteiger partial charge in [-0.3, -0.25) is 4.90 Å². The van der Waals surface area contributed by atoms with Gasteiger partial charge in [-0.2, -0.15) is 0 Å². The molecule has 1 saturated heterocycles. The van der Waals surface area contributed by atoms with Gasteiger partial charge >= 0.3 is 0 Å². The quantitative estimate of drug-likeness (QED) is 0.917. The van der Waals surface area contributed by atoms with E-state index in [2.05, 4.69) is 11.8 Å². The smallest absolute Gasteiger partial charge is 0.123 e. The predicted molar refractivity (Wildman–Crippen MR) is 80.0 cm³/mol. The Labute approximate surface area is 121 Å². The zero-order chi connectivity index (χ0) is 14.1. The number of nitrogens with two attached hydrogens (primary N) is 1. The summed E-state index contributed by atoms with van der Waals surface area (Å²) < 4.78 is 13.7. The summed E-state index contributed by atoms with van der Waals surface area (Å²) in [5, 5.41) is 0. The van der Waals surface area contributed by atoms with Crippen LogP contribution in [0.3, 0.4) is 0 Å². The Morgan fingerprint density at radius 1 is 1.25 bits per heavy atom. The van der Waals surface area contributed by atoms with Crippen molar-refractivity contribution in [2.45, 2.75) is 51.1 Å². The Balaban J connectivity index is 2.00. The Morgan fingerprint density at radius 3 is 2.75 bits per heavy atom. The van der Waals surface area contributed by atoms with Crippen molar-refractivity contribution in [2.75, 3.05) is 13.1 Å². The summed E-state index contributed by atoms with van der Waals surface area (Å²) in [4.78, 5) is 2.62. The lowest BCUT2D eigenvalue weighted by Gasteiger charge is -2.36. The fourth-order valence-electron chi connectivity index (χ4n) is 3.69. The normalized spacial score (nSPS) is 28.4. The van der Waals surface area contributed by atoms with E-state index in [9.17, 15) is 4.39 Å². The SMILES string of the molecule is Cc1ccc(F)cc1C1C(CN)CCCCN1C1CC1.